The Hall–Kier alpha value is -4.29. The van der Waals surface area contributed by atoms with E-state index in [0.29, 0.717) is 12.6 Å². The average molecular weight is 565 g/mol. The number of anilines is 2. The van der Waals surface area contributed by atoms with Crippen molar-refractivity contribution < 1.29 is 9.90 Å². The molecule has 0 amide bonds. The van der Waals surface area contributed by atoms with E-state index in [1.165, 1.54) is 30.4 Å². The van der Waals surface area contributed by atoms with Gasteiger partial charge in [0.2, 0.25) is 0 Å². The molecule has 1 aromatic heterocycles. The third kappa shape index (κ3) is 6.23. The Labute approximate surface area is 245 Å². The Kier molecular flexibility index (Phi) is 7.92. The molecule has 6 rings (SSSR count). The molecule has 1 heterocycles. The van der Waals surface area contributed by atoms with Crippen molar-refractivity contribution in [3.63, 3.8) is 0 Å². The molecule has 41 heavy (non-hydrogen) atoms. The normalized spacial score (nSPS) is 13.8. The standard InChI is InChI=1S/C34H33ClN4O2/c35-27-16-11-24(12-17-27)22-37-29-6-4-5-28(20-29)36-21-23-9-13-25(14-10-23)33-38-31-19-26(34(40)41)15-18-32(31)39(33)30-7-2-1-3-8-30/h4-6,9-20,30,36-37H,1-3,7-8,21-22H2,(H,40,41). The molecular weight excluding hydrogens is 532 g/mol. The van der Waals surface area contributed by atoms with Crippen LogP contribution in [-0.2, 0) is 13.1 Å². The minimum Gasteiger partial charge on any atom is -0.478 e. The predicted molar refractivity (Wildman–Crippen MR) is 167 cm³/mol. The van der Waals surface area contributed by atoms with Crippen molar-refractivity contribution in [1.29, 1.82) is 0 Å². The van der Waals surface area contributed by atoms with Gasteiger partial charge in [0.15, 0.2) is 0 Å². The molecule has 0 aliphatic heterocycles. The second-order valence-electron chi connectivity index (χ2n) is 10.7. The number of nitrogens with one attached hydrogen (secondary N) is 2. The minimum absolute atomic E-state index is 0.267. The Morgan fingerprint density at radius 2 is 1.46 bits per heavy atom. The van der Waals surface area contributed by atoms with Crippen molar-refractivity contribution in [1.82, 2.24) is 9.55 Å². The van der Waals surface area contributed by atoms with Crippen molar-refractivity contribution >= 4 is 40.0 Å². The van der Waals surface area contributed by atoms with Gasteiger partial charge in [0.05, 0.1) is 16.6 Å². The Bertz CT molecular complexity index is 1660. The van der Waals surface area contributed by atoms with Crippen LogP contribution in [0, 0.1) is 0 Å². The number of aromatic carboxylic acids is 1. The molecule has 208 valence electrons. The molecule has 3 N–H and O–H groups in total. The number of carboxylic acid groups (broad SMARTS) is 1. The monoisotopic (exact) mass is 564 g/mol. The number of nitrogens with zero attached hydrogens (tertiary/aromatic N) is 2. The number of aromatic nitrogens is 2. The molecule has 0 atom stereocenters. The lowest BCUT2D eigenvalue weighted by atomic mass is 9.94. The van der Waals surface area contributed by atoms with Gasteiger partial charge >= 0.3 is 5.97 Å². The lowest BCUT2D eigenvalue weighted by molar-refractivity contribution is 0.0697. The summed E-state index contributed by atoms with van der Waals surface area (Å²) in [5.74, 6) is -0.0196. The smallest absolute Gasteiger partial charge is 0.335 e. The van der Waals surface area contributed by atoms with Crippen molar-refractivity contribution in [2.45, 2.75) is 51.2 Å². The SMILES string of the molecule is O=C(O)c1ccc2c(c1)nc(-c1ccc(CNc3cccc(NCc4ccc(Cl)cc4)c3)cc1)n2C1CCCCC1. The lowest BCUT2D eigenvalue weighted by Gasteiger charge is -2.25. The van der Waals surface area contributed by atoms with Gasteiger partial charge in [0, 0.05) is 41.1 Å². The maximum absolute atomic E-state index is 11.6. The quantitative estimate of drug-likeness (QED) is 0.167. The Morgan fingerprint density at radius 3 is 2.10 bits per heavy atom. The first-order chi connectivity index (χ1) is 20.0. The van der Waals surface area contributed by atoms with Gasteiger partial charge < -0.3 is 20.3 Å². The fraction of sp³-hybridized carbons (Fsp3) is 0.235. The maximum Gasteiger partial charge on any atom is 0.335 e. The third-order valence-corrected chi connectivity index (χ3v) is 8.11. The maximum atomic E-state index is 11.6. The van der Waals surface area contributed by atoms with E-state index in [1.54, 1.807) is 12.1 Å². The number of hydrogen-bond acceptors (Lipinski definition) is 4. The van der Waals surface area contributed by atoms with Crippen LogP contribution in [0.1, 0.15) is 59.6 Å². The van der Waals surface area contributed by atoms with Crippen LogP contribution < -0.4 is 10.6 Å². The van der Waals surface area contributed by atoms with Gasteiger partial charge in [-0.2, -0.15) is 0 Å². The number of benzene rings is 4. The van der Waals surface area contributed by atoms with Crippen LogP contribution >= 0.6 is 11.6 Å². The second-order valence-corrected chi connectivity index (χ2v) is 11.2. The highest BCUT2D eigenvalue weighted by Crippen LogP contribution is 2.36. The fourth-order valence-corrected chi connectivity index (χ4v) is 5.79. The van der Waals surface area contributed by atoms with E-state index in [2.05, 4.69) is 57.7 Å². The molecule has 4 aromatic carbocycles. The van der Waals surface area contributed by atoms with Gasteiger partial charge in [-0.1, -0.05) is 73.3 Å². The van der Waals surface area contributed by atoms with Crippen LogP contribution in [-0.4, -0.2) is 20.6 Å². The number of fused-ring (bicyclic) bond motifs is 1. The van der Waals surface area contributed by atoms with Crippen LogP contribution in [0.3, 0.4) is 0 Å². The number of rotatable bonds is 9. The number of carbonyl (C=O) groups is 1. The number of halogens is 1. The van der Waals surface area contributed by atoms with Crippen LogP contribution in [0.25, 0.3) is 22.4 Å². The van der Waals surface area contributed by atoms with Gasteiger partial charge in [0.1, 0.15) is 5.82 Å². The van der Waals surface area contributed by atoms with Crippen molar-refractivity contribution in [2.24, 2.45) is 0 Å². The van der Waals surface area contributed by atoms with Gasteiger partial charge in [-0.15, -0.1) is 0 Å². The summed E-state index contributed by atoms with van der Waals surface area (Å²) in [5.41, 5.74) is 7.49. The highest BCUT2D eigenvalue weighted by Gasteiger charge is 2.23. The van der Waals surface area contributed by atoms with E-state index in [4.69, 9.17) is 16.6 Å². The van der Waals surface area contributed by atoms with Gasteiger partial charge in [0.25, 0.3) is 0 Å². The Morgan fingerprint density at radius 1 is 0.829 bits per heavy atom. The van der Waals surface area contributed by atoms with Gasteiger partial charge in [-0.25, -0.2) is 9.78 Å². The summed E-state index contributed by atoms with van der Waals surface area (Å²) in [6.45, 7) is 1.42. The Balaban J connectivity index is 1.17. The number of hydrogen-bond donors (Lipinski definition) is 3. The zero-order valence-corrected chi connectivity index (χ0v) is 23.6. The first-order valence-electron chi connectivity index (χ1n) is 14.2. The molecule has 0 radical (unpaired) electrons. The molecule has 1 aliphatic rings. The van der Waals surface area contributed by atoms with Crippen molar-refractivity contribution in [3.8, 4) is 11.4 Å². The number of carboxylic acids is 1. The molecule has 0 spiro atoms. The summed E-state index contributed by atoms with van der Waals surface area (Å²) in [5, 5.41) is 17.2. The summed E-state index contributed by atoms with van der Waals surface area (Å²) in [6.07, 6.45) is 5.92. The van der Waals surface area contributed by atoms with E-state index in [9.17, 15) is 9.90 Å². The zero-order chi connectivity index (χ0) is 28.2. The highest BCUT2D eigenvalue weighted by molar-refractivity contribution is 6.30. The van der Waals surface area contributed by atoms with E-state index in [0.717, 1.165) is 58.2 Å². The summed E-state index contributed by atoms with van der Waals surface area (Å²) >= 11 is 5.99. The minimum atomic E-state index is -0.930. The largest absolute Gasteiger partial charge is 0.478 e. The van der Waals surface area contributed by atoms with Crippen LogP contribution in [0.4, 0.5) is 11.4 Å². The van der Waals surface area contributed by atoms with Crippen molar-refractivity contribution in [3.05, 3.63) is 113 Å². The highest BCUT2D eigenvalue weighted by atomic mass is 35.5. The molecule has 1 saturated carbocycles. The van der Waals surface area contributed by atoms with Crippen LogP contribution in [0.15, 0.2) is 91.0 Å². The molecule has 7 heteroatoms. The fourth-order valence-electron chi connectivity index (χ4n) is 5.67. The van der Waals surface area contributed by atoms with Gasteiger partial charge in [-0.05, 0) is 72.5 Å². The van der Waals surface area contributed by atoms with Crippen molar-refractivity contribution in [2.75, 3.05) is 10.6 Å². The first kappa shape index (κ1) is 26.9. The lowest BCUT2D eigenvalue weighted by Crippen LogP contribution is -2.14. The topological polar surface area (TPSA) is 79.2 Å². The summed E-state index contributed by atoms with van der Waals surface area (Å²) in [4.78, 5) is 16.5. The van der Waals surface area contributed by atoms with Crippen LogP contribution in [0.5, 0.6) is 0 Å². The van der Waals surface area contributed by atoms with E-state index in [-0.39, 0.29) is 5.56 Å². The predicted octanol–water partition coefficient (Wildman–Crippen LogP) is 8.78. The third-order valence-electron chi connectivity index (χ3n) is 7.86. The zero-order valence-electron chi connectivity index (χ0n) is 22.8. The molecule has 5 aromatic rings. The molecule has 1 aliphatic carbocycles. The summed E-state index contributed by atoms with van der Waals surface area (Å²) < 4.78 is 2.34. The molecule has 0 saturated heterocycles. The number of imidazole rings is 1. The molecule has 0 bridgehead atoms. The van der Waals surface area contributed by atoms with Gasteiger partial charge in [-0.3, -0.25) is 0 Å². The summed E-state index contributed by atoms with van der Waals surface area (Å²) in [6, 6.07) is 30.3. The average Bonchev–Trinajstić information content (AvgIpc) is 3.39. The van der Waals surface area contributed by atoms with E-state index >= 15 is 0 Å². The molecule has 6 nitrogen and oxygen atoms in total. The molecule has 0 unspecified atom stereocenters. The second kappa shape index (κ2) is 12.1. The van der Waals surface area contributed by atoms with E-state index < -0.39 is 5.97 Å². The molecular formula is C34H33ClN4O2. The van der Waals surface area contributed by atoms with E-state index in [1.807, 2.05) is 36.4 Å². The first-order valence-corrected chi connectivity index (χ1v) is 14.6. The summed E-state index contributed by atoms with van der Waals surface area (Å²) in [7, 11) is 0. The molecule has 1 fully saturated rings. The van der Waals surface area contributed by atoms with Crippen LogP contribution in [0.2, 0.25) is 5.02 Å².